The Labute approximate surface area is 61.6 Å². The summed E-state index contributed by atoms with van der Waals surface area (Å²) in [6.45, 7) is 3.73. The number of hydrogen-bond donors (Lipinski definition) is 1. The number of allylic oxidation sites excluding steroid dienone is 1. The fourth-order valence-electron chi connectivity index (χ4n) is 0.613. The lowest BCUT2D eigenvalue weighted by Crippen LogP contribution is -2.04. The van der Waals surface area contributed by atoms with Gasteiger partial charge in [0, 0.05) is 0 Å². The first kappa shape index (κ1) is 9.63. The first-order valence-electron chi connectivity index (χ1n) is 3.76. The monoisotopic (exact) mass is 146 g/mol. The molecule has 1 atom stereocenters. The molecule has 0 aromatic rings. The largest absolute Gasteiger partial charge is 0.386 e. The molecule has 0 aliphatic carbocycles. The molecule has 2 heteroatoms. The highest BCUT2D eigenvalue weighted by Crippen LogP contribution is 2.08. The Morgan fingerprint density at radius 2 is 2.20 bits per heavy atom. The van der Waals surface area contributed by atoms with Crippen molar-refractivity contribution in [2.45, 2.75) is 39.2 Å². The third-order valence-electron chi connectivity index (χ3n) is 1.33. The fourth-order valence-corrected chi connectivity index (χ4v) is 0.613. The second-order valence-corrected chi connectivity index (χ2v) is 2.30. The molecule has 0 spiro atoms. The third-order valence-corrected chi connectivity index (χ3v) is 1.33. The summed E-state index contributed by atoms with van der Waals surface area (Å²) in [6, 6.07) is 0. The Kier molecular flexibility index (Phi) is 5.22. The highest BCUT2D eigenvalue weighted by atomic mass is 19.1. The average Bonchev–Trinajstić information content (AvgIpc) is 1.98. The van der Waals surface area contributed by atoms with Crippen LogP contribution in [-0.2, 0) is 0 Å². The van der Waals surface area contributed by atoms with Gasteiger partial charge in [0.2, 0.25) is 0 Å². The number of aliphatic hydroxyl groups is 1. The molecule has 0 aromatic heterocycles. The second-order valence-electron chi connectivity index (χ2n) is 2.30. The van der Waals surface area contributed by atoms with Gasteiger partial charge in [-0.2, -0.15) is 0 Å². The van der Waals surface area contributed by atoms with Gasteiger partial charge < -0.3 is 5.11 Å². The van der Waals surface area contributed by atoms with Gasteiger partial charge in [-0.05, 0) is 12.8 Å². The lowest BCUT2D eigenvalue weighted by molar-refractivity contribution is 0.178. The second kappa shape index (κ2) is 5.42. The molecule has 0 radical (unpaired) electrons. The van der Waals surface area contributed by atoms with Crippen LogP contribution in [0.4, 0.5) is 4.39 Å². The van der Waals surface area contributed by atoms with Crippen LogP contribution in [0.5, 0.6) is 0 Å². The first-order valence-corrected chi connectivity index (χ1v) is 3.76. The smallest absolute Gasteiger partial charge is 0.124 e. The molecule has 0 aromatic carbocycles. The molecule has 1 nitrogen and oxygen atoms in total. The van der Waals surface area contributed by atoms with E-state index >= 15 is 0 Å². The van der Waals surface area contributed by atoms with Gasteiger partial charge in [0.1, 0.15) is 11.9 Å². The van der Waals surface area contributed by atoms with Gasteiger partial charge in [-0.1, -0.05) is 26.3 Å². The predicted octanol–water partition coefficient (Wildman–Crippen LogP) is 2.41. The molecular weight excluding hydrogens is 131 g/mol. The summed E-state index contributed by atoms with van der Waals surface area (Å²) >= 11 is 0. The molecular formula is C8H15FO. The number of halogens is 1. The summed E-state index contributed by atoms with van der Waals surface area (Å²) < 4.78 is 12.6. The summed E-state index contributed by atoms with van der Waals surface area (Å²) in [5, 5.41) is 8.91. The van der Waals surface area contributed by atoms with Crippen molar-refractivity contribution >= 4 is 0 Å². The van der Waals surface area contributed by atoms with E-state index in [1.165, 1.54) is 6.08 Å². The highest BCUT2D eigenvalue weighted by Gasteiger charge is 2.05. The Morgan fingerprint density at radius 1 is 1.60 bits per heavy atom. The van der Waals surface area contributed by atoms with Crippen LogP contribution in [-0.4, -0.2) is 11.2 Å². The summed E-state index contributed by atoms with van der Waals surface area (Å²) in [5.41, 5.74) is 0. The van der Waals surface area contributed by atoms with Gasteiger partial charge in [0.25, 0.3) is 0 Å². The van der Waals surface area contributed by atoms with Crippen LogP contribution in [0.15, 0.2) is 11.9 Å². The highest BCUT2D eigenvalue weighted by molar-refractivity contribution is 4.97. The van der Waals surface area contributed by atoms with Crippen molar-refractivity contribution < 1.29 is 9.50 Å². The first-order chi connectivity index (χ1) is 4.72. The maximum Gasteiger partial charge on any atom is 0.124 e. The van der Waals surface area contributed by atoms with Gasteiger partial charge in [-0.15, -0.1) is 0 Å². The maximum absolute atomic E-state index is 12.6. The van der Waals surface area contributed by atoms with Crippen LogP contribution in [0, 0.1) is 0 Å². The van der Waals surface area contributed by atoms with Crippen molar-refractivity contribution in [3.8, 4) is 0 Å². The van der Waals surface area contributed by atoms with Crippen LogP contribution in [0.1, 0.15) is 33.1 Å². The minimum atomic E-state index is -0.883. The van der Waals surface area contributed by atoms with Crippen molar-refractivity contribution in [3.63, 3.8) is 0 Å². The Hall–Kier alpha value is -0.370. The molecule has 0 fully saturated rings. The number of aliphatic hydroxyl groups excluding tert-OH is 1. The standard InChI is InChI=1S/C8H15FO/c1-3-5-6-7(9)8(10)4-2/h6,8,10H,3-5H2,1-2H3/b7-6+. The van der Waals surface area contributed by atoms with E-state index in [0.717, 1.165) is 6.42 Å². The summed E-state index contributed by atoms with van der Waals surface area (Å²) in [6.07, 6.45) is 2.65. The molecule has 0 heterocycles. The third kappa shape index (κ3) is 3.62. The number of hydrogen-bond acceptors (Lipinski definition) is 1. The van der Waals surface area contributed by atoms with Gasteiger partial charge in [-0.3, -0.25) is 0 Å². The van der Waals surface area contributed by atoms with Crippen molar-refractivity contribution in [3.05, 3.63) is 11.9 Å². The molecule has 0 bridgehead atoms. The van der Waals surface area contributed by atoms with Crippen molar-refractivity contribution in [1.82, 2.24) is 0 Å². The van der Waals surface area contributed by atoms with E-state index in [-0.39, 0.29) is 5.83 Å². The Bertz CT molecular complexity index is 110. The SMILES string of the molecule is CCC/C=C(/F)C(O)CC. The molecule has 10 heavy (non-hydrogen) atoms. The van der Waals surface area contributed by atoms with E-state index < -0.39 is 6.10 Å². The predicted molar refractivity (Wildman–Crippen MR) is 40.4 cm³/mol. The normalized spacial score (nSPS) is 15.4. The summed E-state index contributed by atoms with van der Waals surface area (Å²) in [4.78, 5) is 0. The Balaban J connectivity index is 3.67. The number of rotatable bonds is 4. The zero-order valence-electron chi connectivity index (χ0n) is 6.60. The molecule has 0 saturated heterocycles. The Morgan fingerprint density at radius 3 is 2.60 bits per heavy atom. The van der Waals surface area contributed by atoms with E-state index in [9.17, 15) is 4.39 Å². The van der Waals surface area contributed by atoms with Crippen molar-refractivity contribution in [2.75, 3.05) is 0 Å². The minimum Gasteiger partial charge on any atom is -0.386 e. The van der Waals surface area contributed by atoms with E-state index in [2.05, 4.69) is 0 Å². The van der Waals surface area contributed by atoms with Crippen LogP contribution in [0.25, 0.3) is 0 Å². The molecule has 0 aliphatic heterocycles. The summed E-state index contributed by atoms with van der Waals surface area (Å²) in [7, 11) is 0. The fraction of sp³-hybridized carbons (Fsp3) is 0.750. The van der Waals surface area contributed by atoms with Crippen LogP contribution < -0.4 is 0 Å². The van der Waals surface area contributed by atoms with E-state index in [1.54, 1.807) is 6.92 Å². The molecule has 1 unspecified atom stereocenters. The van der Waals surface area contributed by atoms with Crippen LogP contribution in [0.2, 0.25) is 0 Å². The quantitative estimate of drug-likeness (QED) is 0.645. The number of unbranched alkanes of at least 4 members (excludes halogenated alkanes) is 1. The van der Waals surface area contributed by atoms with E-state index in [4.69, 9.17) is 5.11 Å². The van der Waals surface area contributed by atoms with Crippen molar-refractivity contribution in [2.24, 2.45) is 0 Å². The molecule has 0 amide bonds. The lowest BCUT2D eigenvalue weighted by Gasteiger charge is -2.02. The van der Waals surface area contributed by atoms with E-state index in [1.807, 2.05) is 6.92 Å². The van der Waals surface area contributed by atoms with Crippen LogP contribution >= 0.6 is 0 Å². The average molecular weight is 146 g/mol. The van der Waals surface area contributed by atoms with Gasteiger partial charge in [-0.25, -0.2) is 4.39 Å². The van der Waals surface area contributed by atoms with Crippen molar-refractivity contribution in [1.29, 1.82) is 0 Å². The molecule has 0 saturated carbocycles. The summed E-state index contributed by atoms with van der Waals surface area (Å²) in [5.74, 6) is -0.385. The zero-order valence-corrected chi connectivity index (χ0v) is 6.60. The van der Waals surface area contributed by atoms with Gasteiger partial charge in [0.05, 0.1) is 0 Å². The topological polar surface area (TPSA) is 20.2 Å². The zero-order chi connectivity index (χ0) is 7.98. The lowest BCUT2D eigenvalue weighted by atomic mass is 10.2. The van der Waals surface area contributed by atoms with E-state index in [0.29, 0.717) is 12.8 Å². The van der Waals surface area contributed by atoms with Gasteiger partial charge >= 0.3 is 0 Å². The molecule has 60 valence electrons. The van der Waals surface area contributed by atoms with Crippen LogP contribution in [0.3, 0.4) is 0 Å². The molecule has 1 N–H and O–H groups in total. The maximum atomic E-state index is 12.6. The van der Waals surface area contributed by atoms with Gasteiger partial charge in [0.15, 0.2) is 0 Å². The molecule has 0 aliphatic rings. The molecule has 0 rings (SSSR count). The minimum absolute atomic E-state index is 0.385.